The largest absolute Gasteiger partial charge is 0.491 e. The Balaban J connectivity index is 1.73. The number of ether oxygens (including phenoxy) is 1. The summed E-state index contributed by atoms with van der Waals surface area (Å²) in [5.74, 6) is 0.302. The normalized spacial score (nSPS) is 11.9. The van der Waals surface area contributed by atoms with Crippen molar-refractivity contribution in [1.82, 2.24) is 5.32 Å². The Kier molecular flexibility index (Phi) is 6.14. The zero-order valence-electron chi connectivity index (χ0n) is 13.2. The molecule has 1 atom stereocenters. The summed E-state index contributed by atoms with van der Waals surface area (Å²) < 4.78 is 5.55. The minimum absolute atomic E-state index is 0.220. The molecule has 0 fully saturated rings. The molecule has 0 aromatic heterocycles. The van der Waals surface area contributed by atoms with Crippen LogP contribution in [0.3, 0.4) is 0 Å². The number of nitrogens with one attached hydrogen (secondary N) is 1. The number of carbonyl (C=O) groups excluding carboxylic acids is 1. The molecule has 0 bridgehead atoms. The lowest BCUT2D eigenvalue weighted by molar-refractivity contribution is 0.0999. The maximum atomic E-state index is 11.1. The molecule has 4 N–H and O–H groups in total. The van der Waals surface area contributed by atoms with Gasteiger partial charge in [0.25, 0.3) is 0 Å². The van der Waals surface area contributed by atoms with Gasteiger partial charge in [-0.2, -0.15) is 0 Å². The minimum atomic E-state index is -0.616. The molecule has 5 nitrogen and oxygen atoms in total. The monoisotopic (exact) mass is 314 g/mol. The SMILES string of the molecule is Cc1cccc(OCC(O)CNCc2cccc(C(N)=O)c2)c1. The molecule has 1 unspecified atom stereocenters. The van der Waals surface area contributed by atoms with Crippen LogP contribution in [0.15, 0.2) is 48.5 Å². The first-order chi connectivity index (χ1) is 11.0. The van der Waals surface area contributed by atoms with E-state index in [1.54, 1.807) is 18.2 Å². The number of aliphatic hydroxyl groups excluding tert-OH is 1. The number of aryl methyl sites for hydroxylation is 1. The molecule has 0 saturated carbocycles. The zero-order valence-corrected chi connectivity index (χ0v) is 13.2. The van der Waals surface area contributed by atoms with E-state index in [2.05, 4.69) is 5.32 Å². The van der Waals surface area contributed by atoms with Crippen molar-refractivity contribution in [2.45, 2.75) is 19.6 Å². The summed E-state index contributed by atoms with van der Waals surface area (Å²) in [6.07, 6.45) is -0.616. The predicted molar refractivity (Wildman–Crippen MR) is 89.3 cm³/mol. The maximum Gasteiger partial charge on any atom is 0.248 e. The van der Waals surface area contributed by atoms with Crippen molar-refractivity contribution in [3.8, 4) is 5.75 Å². The Morgan fingerprint density at radius 3 is 2.78 bits per heavy atom. The molecule has 2 aromatic carbocycles. The molecule has 2 aromatic rings. The van der Waals surface area contributed by atoms with Gasteiger partial charge in [-0.05, 0) is 42.3 Å². The summed E-state index contributed by atoms with van der Waals surface area (Å²) in [5, 5.41) is 13.1. The van der Waals surface area contributed by atoms with Gasteiger partial charge in [-0.1, -0.05) is 24.3 Å². The molecule has 2 rings (SSSR count). The third-order valence-electron chi connectivity index (χ3n) is 3.35. The van der Waals surface area contributed by atoms with Crippen LogP contribution in [0.4, 0.5) is 0 Å². The van der Waals surface area contributed by atoms with Crippen molar-refractivity contribution < 1.29 is 14.6 Å². The van der Waals surface area contributed by atoms with E-state index in [1.807, 2.05) is 37.3 Å². The van der Waals surface area contributed by atoms with E-state index in [0.29, 0.717) is 18.7 Å². The van der Waals surface area contributed by atoms with Crippen LogP contribution in [-0.2, 0) is 6.54 Å². The molecule has 23 heavy (non-hydrogen) atoms. The maximum absolute atomic E-state index is 11.1. The standard InChI is InChI=1S/C18H22N2O3/c1-13-4-2-7-17(8-13)23-12-16(21)11-20-10-14-5-3-6-15(9-14)18(19)22/h2-9,16,20-21H,10-12H2,1H3,(H2,19,22). The highest BCUT2D eigenvalue weighted by molar-refractivity contribution is 5.92. The molecule has 0 radical (unpaired) electrons. The second-order valence-corrected chi connectivity index (χ2v) is 5.48. The Morgan fingerprint density at radius 1 is 1.26 bits per heavy atom. The van der Waals surface area contributed by atoms with Crippen molar-refractivity contribution in [3.05, 3.63) is 65.2 Å². The van der Waals surface area contributed by atoms with Gasteiger partial charge < -0.3 is 20.9 Å². The Labute approximate surface area is 136 Å². The van der Waals surface area contributed by atoms with Crippen molar-refractivity contribution in [1.29, 1.82) is 0 Å². The first-order valence-electron chi connectivity index (χ1n) is 7.51. The molecule has 0 aliphatic rings. The first kappa shape index (κ1) is 17.0. The van der Waals surface area contributed by atoms with Crippen LogP contribution >= 0.6 is 0 Å². The summed E-state index contributed by atoms with van der Waals surface area (Å²) in [6.45, 7) is 3.15. The fraction of sp³-hybridized carbons (Fsp3) is 0.278. The molecule has 0 aliphatic carbocycles. The lowest BCUT2D eigenvalue weighted by Gasteiger charge is -2.14. The highest BCUT2D eigenvalue weighted by Crippen LogP contribution is 2.12. The van der Waals surface area contributed by atoms with Gasteiger partial charge in [-0.15, -0.1) is 0 Å². The topological polar surface area (TPSA) is 84.6 Å². The number of rotatable bonds is 8. The van der Waals surface area contributed by atoms with E-state index in [1.165, 1.54) is 0 Å². The number of amides is 1. The molecule has 5 heteroatoms. The van der Waals surface area contributed by atoms with Crippen LogP contribution in [0.25, 0.3) is 0 Å². The van der Waals surface area contributed by atoms with E-state index in [-0.39, 0.29) is 6.61 Å². The highest BCUT2D eigenvalue weighted by Gasteiger charge is 2.06. The van der Waals surface area contributed by atoms with E-state index in [4.69, 9.17) is 10.5 Å². The van der Waals surface area contributed by atoms with Gasteiger partial charge in [0.2, 0.25) is 5.91 Å². The van der Waals surface area contributed by atoms with Crippen LogP contribution in [0.1, 0.15) is 21.5 Å². The Hall–Kier alpha value is -2.37. The van der Waals surface area contributed by atoms with Crippen molar-refractivity contribution in [2.75, 3.05) is 13.2 Å². The molecule has 0 heterocycles. The number of carbonyl (C=O) groups is 1. The molecular formula is C18H22N2O3. The average Bonchev–Trinajstić information content (AvgIpc) is 2.53. The van der Waals surface area contributed by atoms with Gasteiger partial charge in [0, 0.05) is 18.7 Å². The van der Waals surface area contributed by atoms with Crippen LogP contribution < -0.4 is 15.8 Å². The molecular weight excluding hydrogens is 292 g/mol. The zero-order chi connectivity index (χ0) is 16.7. The number of aliphatic hydroxyl groups is 1. The second kappa shape index (κ2) is 8.31. The summed E-state index contributed by atoms with van der Waals surface area (Å²) in [5.41, 5.74) is 7.78. The van der Waals surface area contributed by atoms with Gasteiger partial charge in [-0.3, -0.25) is 4.79 Å². The minimum Gasteiger partial charge on any atom is -0.491 e. The molecule has 1 amide bonds. The number of primary amides is 1. The highest BCUT2D eigenvalue weighted by atomic mass is 16.5. The molecule has 0 saturated heterocycles. The van der Waals surface area contributed by atoms with E-state index >= 15 is 0 Å². The van der Waals surface area contributed by atoms with Crippen molar-refractivity contribution in [2.24, 2.45) is 5.73 Å². The lowest BCUT2D eigenvalue weighted by Crippen LogP contribution is -2.31. The smallest absolute Gasteiger partial charge is 0.248 e. The first-order valence-corrected chi connectivity index (χ1v) is 7.51. The fourth-order valence-corrected chi connectivity index (χ4v) is 2.17. The second-order valence-electron chi connectivity index (χ2n) is 5.48. The average molecular weight is 314 g/mol. The van der Waals surface area contributed by atoms with E-state index in [9.17, 15) is 9.90 Å². The number of nitrogens with two attached hydrogens (primary N) is 1. The lowest BCUT2D eigenvalue weighted by atomic mass is 10.1. The number of benzene rings is 2. The van der Waals surface area contributed by atoms with Crippen LogP contribution in [0, 0.1) is 6.92 Å². The van der Waals surface area contributed by atoms with Gasteiger partial charge >= 0.3 is 0 Å². The van der Waals surface area contributed by atoms with Gasteiger partial charge in [0.15, 0.2) is 0 Å². The summed E-state index contributed by atoms with van der Waals surface area (Å²) in [4.78, 5) is 11.1. The fourth-order valence-electron chi connectivity index (χ4n) is 2.17. The Morgan fingerprint density at radius 2 is 2.04 bits per heavy atom. The van der Waals surface area contributed by atoms with Crippen LogP contribution in [0.2, 0.25) is 0 Å². The number of hydrogen-bond acceptors (Lipinski definition) is 4. The van der Waals surface area contributed by atoms with Crippen molar-refractivity contribution in [3.63, 3.8) is 0 Å². The summed E-state index contributed by atoms with van der Waals surface area (Å²) >= 11 is 0. The molecule has 122 valence electrons. The molecule has 0 spiro atoms. The van der Waals surface area contributed by atoms with Gasteiger partial charge in [0.05, 0.1) is 0 Å². The number of hydrogen-bond donors (Lipinski definition) is 3. The van der Waals surface area contributed by atoms with E-state index in [0.717, 1.165) is 16.9 Å². The third-order valence-corrected chi connectivity index (χ3v) is 3.35. The van der Waals surface area contributed by atoms with Gasteiger partial charge in [-0.25, -0.2) is 0 Å². The van der Waals surface area contributed by atoms with Crippen LogP contribution in [-0.4, -0.2) is 30.3 Å². The summed E-state index contributed by atoms with van der Waals surface area (Å²) in [7, 11) is 0. The quantitative estimate of drug-likeness (QED) is 0.691. The molecule has 0 aliphatic heterocycles. The Bertz CT molecular complexity index is 658. The third kappa shape index (κ3) is 5.73. The van der Waals surface area contributed by atoms with Crippen LogP contribution in [0.5, 0.6) is 5.75 Å². The van der Waals surface area contributed by atoms with E-state index < -0.39 is 12.0 Å². The van der Waals surface area contributed by atoms with Gasteiger partial charge in [0.1, 0.15) is 18.5 Å². The predicted octanol–water partition coefficient (Wildman–Crippen LogP) is 1.62. The summed E-state index contributed by atoms with van der Waals surface area (Å²) in [6, 6.07) is 14.8. The van der Waals surface area contributed by atoms with Crippen molar-refractivity contribution >= 4 is 5.91 Å².